The van der Waals surface area contributed by atoms with Crippen molar-refractivity contribution in [3.63, 3.8) is 0 Å². The molecule has 1 unspecified atom stereocenters. The molecule has 2 aromatic rings. The third kappa shape index (κ3) is 4.12. The van der Waals surface area contributed by atoms with Crippen molar-refractivity contribution >= 4 is 11.6 Å². The van der Waals surface area contributed by atoms with E-state index in [0.29, 0.717) is 0 Å². The van der Waals surface area contributed by atoms with Crippen molar-refractivity contribution in [1.82, 2.24) is 4.90 Å². The van der Waals surface area contributed by atoms with E-state index in [4.69, 9.17) is 4.74 Å². The Morgan fingerprint density at radius 3 is 2.46 bits per heavy atom. The molecule has 3 rings (SSSR count). The minimum atomic E-state index is -1.52. The topological polar surface area (TPSA) is 57.1 Å². The number of nitrogens with one attached hydrogen (secondary N) is 1. The number of halogens is 3. The fourth-order valence-electron chi connectivity index (χ4n) is 2.80. The number of aliphatic imine (C=N–C) groups is 1. The first-order chi connectivity index (χ1) is 13.3. The summed E-state index contributed by atoms with van der Waals surface area (Å²) in [4.78, 5) is 5.70. The van der Waals surface area contributed by atoms with Crippen LogP contribution in [-0.4, -0.2) is 29.3 Å². The second-order valence-electron chi connectivity index (χ2n) is 6.51. The molecule has 1 aliphatic heterocycles. The molecule has 2 aromatic carbocycles. The Labute approximate surface area is 160 Å². The van der Waals surface area contributed by atoms with Gasteiger partial charge in [-0.25, -0.2) is 18.2 Å². The lowest BCUT2D eigenvalue weighted by molar-refractivity contribution is 0.124. The van der Waals surface area contributed by atoms with Crippen LogP contribution in [0.15, 0.2) is 47.3 Å². The zero-order valence-corrected chi connectivity index (χ0v) is 15.6. The van der Waals surface area contributed by atoms with E-state index >= 15 is 0 Å². The highest BCUT2D eigenvalue weighted by atomic mass is 19.2. The van der Waals surface area contributed by atoms with Crippen LogP contribution in [0.5, 0.6) is 0 Å². The maximum Gasteiger partial charge on any atom is 0.208 e. The van der Waals surface area contributed by atoms with Crippen LogP contribution in [0.25, 0.3) is 0 Å². The number of aliphatic hydroxyl groups is 1. The lowest BCUT2D eigenvalue weighted by Crippen LogP contribution is -2.38. The number of aryl methyl sites for hydroxylation is 2. The van der Waals surface area contributed by atoms with Crippen LogP contribution in [0.1, 0.15) is 16.7 Å². The molecule has 0 bridgehead atoms. The van der Waals surface area contributed by atoms with E-state index in [1.165, 1.54) is 18.2 Å². The van der Waals surface area contributed by atoms with Gasteiger partial charge in [0.05, 0.1) is 13.7 Å². The van der Waals surface area contributed by atoms with Crippen molar-refractivity contribution in [2.75, 3.05) is 12.4 Å². The van der Waals surface area contributed by atoms with Gasteiger partial charge in [0.15, 0.2) is 23.2 Å². The molecular weight excluding hydrogens is 371 g/mol. The summed E-state index contributed by atoms with van der Waals surface area (Å²) in [5.41, 5.74) is 2.92. The van der Waals surface area contributed by atoms with Crippen LogP contribution in [0.2, 0.25) is 0 Å². The standard InChI is InChI=1S/C20H20F3N3O2/c1-11-4-5-12(2)16(6-11)24-20-25-19(27)17(28-3)10-26(20)9-13-7-14(21)18(23)15(22)8-13/h4-8,10,19,27H,9H2,1-3H3,(H,24,25). The van der Waals surface area contributed by atoms with E-state index in [-0.39, 0.29) is 23.8 Å². The van der Waals surface area contributed by atoms with Crippen LogP contribution in [0, 0.1) is 31.3 Å². The van der Waals surface area contributed by atoms with E-state index in [0.717, 1.165) is 28.9 Å². The third-order valence-corrected chi connectivity index (χ3v) is 4.33. The molecule has 0 aliphatic carbocycles. The summed E-state index contributed by atoms with van der Waals surface area (Å²) in [7, 11) is 1.38. The van der Waals surface area contributed by atoms with Crippen molar-refractivity contribution < 1.29 is 23.0 Å². The Bertz CT molecular complexity index is 937. The third-order valence-electron chi connectivity index (χ3n) is 4.33. The lowest BCUT2D eigenvalue weighted by Gasteiger charge is -2.29. The Balaban J connectivity index is 1.94. The molecule has 2 N–H and O–H groups in total. The molecule has 0 saturated carbocycles. The quantitative estimate of drug-likeness (QED) is 0.779. The second kappa shape index (κ2) is 7.93. The molecule has 0 fully saturated rings. The van der Waals surface area contributed by atoms with Crippen molar-refractivity contribution in [2.24, 2.45) is 4.99 Å². The first-order valence-electron chi connectivity index (χ1n) is 8.54. The molecule has 0 spiro atoms. The molecule has 1 heterocycles. The molecule has 0 amide bonds. The molecule has 1 aliphatic rings. The molecule has 28 heavy (non-hydrogen) atoms. The first-order valence-corrected chi connectivity index (χ1v) is 8.54. The van der Waals surface area contributed by atoms with Gasteiger partial charge in [-0.1, -0.05) is 12.1 Å². The average molecular weight is 391 g/mol. The Kier molecular flexibility index (Phi) is 5.60. The fourth-order valence-corrected chi connectivity index (χ4v) is 2.80. The SMILES string of the molecule is COC1=CN(Cc2cc(F)c(F)c(F)c2)C(Nc2cc(C)ccc2C)=NC1O. The van der Waals surface area contributed by atoms with E-state index in [2.05, 4.69) is 10.3 Å². The van der Waals surface area contributed by atoms with Crippen LogP contribution in [-0.2, 0) is 11.3 Å². The van der Waals surface area contributed by atoms with Gasteiger partial charge >= 0.3 is 0 Å². The van der Waals surface area contributed by atoms with Crippen LogP contribution >= 0.6 is 0 Å². The van der Waals surface area contributed by atoms with Gasteiger partial charge < -0.3 is 20.1 Å². The largest absolute Gasteiger partial charge is 0.495 e. The van der Waals surface area contributed by atoms with Crippen LogP contribution in [0.3, 0.4) is 0 Å². The summed E-state index contributed by atoms with van der Waals surface area (Å²) in [6, 6.07) is 7.64. The predicted octanol–water partition coefficient (Wildman–Crippen LogP) is 3.81. The summed E-state index contributed by atoms with van der Waals surface area (Å²) in [6.07, 6.45) is 0.250. The van der Waals surface area contributed by atoms with Crippen molar-refractivity contribution in [3.8, 4) is 0 Å². The summed E-state index contributed by atoms with van der Waals surface area (Å²) < 4.78 is 45.5. The molecule has 5 nitrogen and oxygen atoms in total. The summed E-state index contributed by atoms with van der Waals surface area (Å²) in [6.45, 7) is 3.82. The highest BCUT2D eigenvalue weighted by Crippen LogP contribution is 2.23. The number of nitrogens with zero attached hydrogens (tertiary/aromatic N) is 2. The number of aliphatic hydroxyl groups excluding tert-OH is 1. The van der Waals surface area contributed by atoms with Gasteiger partial charge in [0, 0.05) is 11.9 Å². The summed E-state index contributed by atoms with van der Waals surface area (Å²) in [5.74, 6) is -3.65. The summed E-state index contributed by atoms with van der Waals surface area (Å²) in [5, 5.41) is 13.3. The van der Waals surface area contributed by atoms with Crippen LogP contribution < -0.4 is 5.32 Å². The lowest BCUT2D eigenvalue weighted by atomic mass is 10.1. The number of anilines is 1. The zero-order valence-electron chi connectivity index (χ0n) is 15.6. The Morgan fingerprint density at radius 1 is 1.14 bits per heavy atom. The highest BCUT2D eigenvalue weighted by Gasteiger charge is 2.24. The van der Waals surface area contributed by atoms with Gasteiger partial charge in [-0.05, 0) is 48.7 Å². The number of methoxy groups -OCH3 is 1. The minimum Gasteiger partial charge on any atom is -0.495 e. The fraction of sp³-hybridized carbons (Fsp3) is 0.250. The number of hydrogen-bond donors (Lipinski definition) is 2. The van der Waals surface area contributed by atoms with Crippen molar-refractivity contribution in [3.05, 3.63) is 76.4 Å². The molecule has 148 valence electrons. The normalized spacial score (nSPS) is 16.5. The molecule has 0 saturated heterocycles. The monoisotopic (exact) mass is 391 g/mol. The van der Waals surface area contributed by atoms with E-state index < -0.39 is 23.7 Å². The highest BCUT2D eigenvalue weighted by molar-refractivity contribution is 5.95. The number of guanidine groups is 1. The number of hydrogen-bond acceptors (Lipinski definition) is 5. The predicted molar refractivity (Wildman–Crippen MR) is 99.9 cm³/mol. The molecule has 8 heteroatoms. The van der Waals surface area contributed by atoms with Gasteiger partial charge in [-0.15, -0.1) is 0 Å². The minimum absolute atomic E-state index is 0.0234. The second-order valence-corrected chi connectivity index (χ2v) is 6.51. The number of rotatable bonds is 4. The van der Waals surface area contributed by atoms with E-state index in [9.17, 15) is 18.3 Å². The number of benzene rings is 2. The van der Waals surface area contributed by atoms with Crippen LogP contribution in [0.4, 0.5) is 18.9 Å². The van der Waals surface area contributed by atoms with Crippen molar-refractivity contribution in [1.29, 1.82) is 0 Å². The Morgan fingerprint density at radius 2 is 1.82 bits per heavy atom. The summed E-state index contributed by atoms with van der Waals surface area (Å²) >= 11 is 0. The first kappa shape index (κ1) is 19.8. The molecule has 0 aromatic heterocycles. The van der Waals surface area contributed by atoms with E-state index in [1.54, 1.807) is 0 Å². The van der Waals surface area contributed by atoms with Crippen molar-refractivity contribution in [2.45, 2.75) is 26.6 Å². The van der Waals surface area contributed by atoms with Gasteiger partial charge in [-0.3, -0.25) is 0 Å². The zero-order chi connectivity index (χ0) is 20.4. The molecule has 0 radical (unpaired) electrons. The van der Waals surface area contributed by atoms with Gasteiger partial charge in [0.25, 0.3) is 0 Å². The average Bonchev–Trinajstić information content (AvgIpc) is 2.64. The Hall–Kier alpha value is -3.00. The maximum absolute atomic E-state index is 13.6. The maximum atomic E-state index is 13.6. The van der Waals surface area contributed by atoms with Gasteiger partial charge in [0.2, 0.25) is 12.2 Å². The number of ether oxygens (including phenoxy) is 1. The molecular formula is C20H20F3N3O2. The van der Waals surface area contributed by atoms with Gasteiger partial charge in [-0.2, -0.15) is 0 Å². The molecule has 1 atom stereocenters. The van der Waals surface area contributed by atoms with Gasteiger partial charge in [0.1, 0.15) is 0 Å². The van der Waals surface area contributed by atoms with E-state index in [1.807, 2.05) is 32.0 Å². The smallest absolute Gasteiger partial charge is 0.208 e.